The van der Waals surface area contributed by atoms with E-state index in [9.17, 15) is 9.59 Å². The van der Waals surface area contributed by atoms with Crippen LogP contribution < -0.4 is 0 Å². The second-order valence-electron chi connectivity index (χ2n) is 1.78. The van der Waals surface area contributed by atoms with Crippen molar-refractivity contribution in [3.63, 3.8) is 0 Å². The summed E-state index contributed by atoms with van der Waals surface area (Å²) in [5.74, 6) is 0. The van der Waals surface area contributed by atoms with E-state index in [0.717, 1.165) is 11.8 Å². The summed E-state index contributed by atoms with van der Waals surface area (Å²) in [6.45, 7) is 3.65. The van der Waals surface area contributed by atoms with Gasteiger partial charge in [-0.1, -0.05) is 0 Å². The van der Waals surface area contributed by atoms with Gasteiger partial charge < -0.3 is 4.74 Å². The van der Waals surface area contributed by atoms with Crippen LogP contribution in [0, 0.1) is 0 Å². The van der Waals surface area contributed by atoms with Gasteiger partial charge in [0.05, 0.1) is 11.9 Å². The van der Waals surface area contributed by atoms with Gasteiger partial charge >= 0.3 is 5.30 Å². The lowest BCUT2D eigenvalue weighted by Gasteiger charge is -2.04. The first kappa shape index (κ1) is 10.8. The summed E-state index contributed by atoms with van der Waals surface area (Å²) in [6, 6.07) is 0. The molecule has 0 saturated heterocycles. The van der Waals surface area contributed by atoms with Crippen molar-refractivity contribution >= 4 is 34.8 Å². The predicted molar refractivity (Wildman–Crippen MR) is 48.1 cm³/mol. The van der Waals surface area contributed by atoms with E-state index >= 15 is 0 Å². The second kappa shape index (κ2) is 5.49. The van der Waals surface area contributed by atoms with Crippen LogP contribution in [-0.4, -0.2) is 22.3 Å². The molecule has 0 heterocycles. The molecule has 0 radical (unpaired) electrons. The number of hydrogen-bond donors (Lipinski definition) is 1. The van der Waals surface area contributed by atoms with E-state index < -0.39 is 10.6 Å². The van der Waals surface area contributed by atoms with Gasteiger partial charge in [-0.15, -0.1) is 12.6 Å². The van der Waals surface area contributed by atoms with Crippen molar-refractivity contribution in [3.8, 4) is 0 Å². The van der Waals surface area contributed by atoms with Crippen LogP contribution >= 0.6 is 24.4 Å². The molecule has 0 aromatic heterocycles. The van der Waals surface area contributed by atoms with Gasteiger partial charge in [-0.05, 0) is 25.6 Å². The van der Waals surface area contributed by atoms with E-state index in [2.05, 4.69) is 17.4 Å². The van der Waals surface area contributed by atoms with Gasteiger partial charge in [0.15, 0.2) is 5.12 Å². The van der Waals surface area contributed by atoms with Crippen molar-refractivity contribution in [2.24, 2.45) is 0 Å². The minimum atomic E-state index is -0.433. The standard InChI is InChI=1S/C6H10O3S2/c1-3-9-6(8)11-4(2)5(7)10/h4H,3H2,1-2H3,(H,7,10). The molecule has 0 saturated carbocycles. The highest BCUT2D eigenvalue weighted by molar-refractivity contribution is 8.16. The summed E-state index contributed by atoms with van der Waals surface area (Å²) in [5, 5.41) is -1.18. The zero-order chi connectivity index (χ0) is 8.85. The Kier molecular flexibility index (Phi) is 5.41. The third kappa shape index (κ3) is 5.15. The third-order valence-electron chi connectivity index (χ3n) is 0.883. The lowest BCUT2D eigenvalue weighted by Crippen LogP contribution is -2.10. The van der Waals surface area contributed by atoms with Gasteiger partial charge in [0.2, 0.25) is 0 Å². The predicted octanol–water partition coefficient (Wildman–Crippen LogP) is 1.72. The van der Waals surface area contributed by atoms with Gasteiger partial charge in [-0.25, -0.2) is 4.79 Å². The van der Waals surface area contributed by atoms with Crippen molar-refractivity contribution in [2.45, 2.75) is 19.1 Å². The molecule has 0 aromatic rings. The van der Waals surface area contributed by atoms with Crippen LogP contribution in [0.15, 0.2) is 0 Å². The first-order valence-corrected chi connectivity index (χ1v) is 4.46. The molecule has 5 heteroatoms. The molecule has 0 bridgehead atoms. The molecule has 0 spiro atoms. The molecular formula is C6H10O3S2. The van der Waals surface area contributed by atoms with Gasteiger partial charge in [-0.3, -0.25) is 4.79 Å². The quantitative estimate of drug-likeness (QED) is 0.549. The topological polar surface area (TPSA) is 43.4 Å². The number of thioether (sulfide) groups is 1. The van der Waals surface area contributed by atoms with Crippen molar-refractivity contribution in [3.05, 3.63) is 0 Å². The molecule has 0 aliphatic carbocycles. The van der Waals surface area contributed by atoms with Crippen LogP contribution in [0.2, 0.25) is 0 Å². The van der Waals surface area contributed by atoms with Crippen LogP contribution in [0.1, 0.15) is 13.8 Å². The summed E-state index contributed by atoms with van der Waals surface area (Å²) in [6.07, 6.45) is 0. The maximum absolute atomic E-state index is 10.7. The van der Waals surface area contributed by atoms with Crippen molar-refractivity contribution < 1.29 is 14.3 Å². The number of carbonyl (C=O) groups excluding carboxylic acids is 2. The average Bonchev–Trinajstić information content (AvgIpc) is 1.87. The Labute approximate surface area is 75.3 Å². The molecule has 0 N–H and O–H groups in total. The molecule has 0 aliphatic rings. The molecule has 1 atom stereocenters. The fourth-order valence-electron chi connectivity index (χ4n) is 0.347. The van der Waals surface area contributed by atoms with E-state index in [4.69, 9.17) is 0 Å². The fraction of sp³-hybridized carbons (Fsp3) is 0.667. The van der Waals surface area contributed by atoms with Crippen LogP contribution in [0.4, 0.5) is 4.79 Å². The third-order valence-corrected chi connectivity index (χ3v) is 2.32. The van der Waals surface area contributed by atoms with Crippen LogP contribution in [0.25, 0.3) is 0 Å². The van der Waals surface area contributed by atoms with Crippen molar-refractivity contribution in [1.29, 1.82) is 0 Å². The number of hydrogen-bond acceptors (Lipinski definition) is 4. The smallest absolute Gasteiger partial charge is 0.368 e. The van der Waals surface area contributed by atoms with E-state index in [-0.39, 0.29) is 5.12 Å². The Bertz CT molecular complexity index is 158. The highest BCUT2D eigenvalue weighted by atomic mass is 32.2. The second-order valence-corrected chi connectivity index (χ2v) is 3.50. The number of thiol groups is 1. The molecule has 0 rings (SSSR count). The molecule has 64 valence electrons. The van der Waals surface area contributed by atoms with E-state index in [1.54, 1.807) is 13.8 Å². The maximum atomic E-state index is 10.7. The fourth-order valence-corrected chi connectivity index (χ4v) is 1.08. The van der Waals surface area contributed by atoms with Crippen LogP contribution in [0.3, 0.4) is 0 Å². The number of rotatable bonds is 3. The minimum Gasteiger partial charge on any atom is -0.458 e. The van der Waals surface area contributed by atoms with Gasteiger partial charge in [0, 0.05) is 0 Å². The zero-order valence-electron chi connectivity index (χ0n) is 6.36. The van der Waals surface area contributed by atoms with E-state index in [0.29, 0.717) is 6.61 Å². The number of ether oxygens (including phenoxy) is 1. The lowest BCUT2D eigenvalue weighted by atomic mass is 10.5. The van der Waals surface area contributed by atoms with Gasteiger partial charge in [0.25, 0.3) is 0 Å². The monoisotopic (exact) mass is 194 g/mol. The van der Waals surface area contributed by atoms with E-state index in [1.165, 1.54) is 0 Å². The molecule has 3 nitrogen and oxygen atoms in total. The molecule has 0 fully saturated rings. The highest BCUT2D eigenvalue weighted by Crippen LogP contribution is 2.15. The van der Waals surface area contributed by atoms with Crippen molar-refractivity contribution in [2.75, 3.05) is 6.61 Å². The van der Waals surface area contributed by atoms with Gasteiger partial charge in [0.1, 0.15) is 0 Å². The summed E-state index contributed by atoms with van der Waals surface area (Å²) in [7, 11) is 0. The Balaban J connectivity index is 3.66. The molecule has 1 unspecified atom stereocenters. The molecule has 0 amide bonds. The largest absolute Gasteiger partial charge is 0.458 e. The van der Waals surface area contributed by atoms with Gasteiger partial charge in [-0.2, -0.15) is 0 Å². The zero-order valence-corrected chi connectivity index (χ0v) is 8.08. The minimum absolute atomic E-state index is 0.317. The molecule has 0 aromatic carbocycles. The Hall–Kier alpha value is -0.160. The Morgan fingerprint density at radius 2 is 2.18 bits per heavy atom. The summed E-state index contributed by atoms with van der Waals surface area (Å²) >= 11 is 4.41. The number of carbonyl (C=O) groups is 2. The Morgan fingerprint density at radius 3 is 2.55 bits per heavy atom. The Morgan fingerprint density at radius 1 is 1.64 bits per heavy atom. The highest BCUT2D eigenvalue weighted by Gasteiger charge is 2.14. The average molecular weight is 194 g/mol. The van der Waals surface area contributed by atoms with Crippen LogP contribution in [-0.2, 0) is 9.53 Å². The molecule has 11 heavy (non-hydrogen) atoms. The summed E-state index contributed by atoms with van der Waals surface area (Å²) in [4.78, 5) is 21.2. The summed E-state index contributed by atoms with van der Waals surface area (Å²) < 4.78 is 4.60. The molecule has 0 aliphatic heterocycles. The first-order valence-electron chi connectivity index (χ1n) is 3.14. The van der Waals surface area contributed by atoms with Crippen molar-refractivity contribution in [1.82, 2.24) is 0 Å². The maximum Gasteiger partial charge on any atom is 0.368 e. The lowest BCUT2D eigenvalue weighted by molar-refractivity contribution is -0.110. The van der Waals surface area contributed by atoms with E-state index in [1.807, 2.05) is 0 Å². The normalized spacial score (nSPS) is 12.3. The summed E-state index contributed by atoms with van der Waals surface area (Å²) in [5.41, 5.74) is 0. The van der Waals surface area contributed by atoms with Crippen LogP contribution in [0.5, 0.6) is 0 Å². The molecular weight excluding hydrogens is 184 g/mol. The SMILES string of the molecule is CCOC(=O)SC(C)C(=O)S. The first-order chi connectivity index (χ1) is 5.07.